The summed E-state index contributed by atoms with van der Waals surface area (Å²) in [6.45, 7) is 3.27. The molecule has 0 aliphatic rings. The van der Waals surface area contributed by atoms with Crippen LogP contribution in [0.5, 0.6) is 0 Å². The Morgan fingerprint density at radius 1 is 1.32 bits per heavy atom. The van der Waals surface area contributed by atoms with E-state index in [4.69, 9.17) is 10.00 Å². The predicted octanol–water partition coefficient (Wildman–Crippen LogP) is 1.51. The summed E-state index contributed by atoms with van der Waals surface area (Å²) in [5.74, 6) is -1.06. The molecule has 0 unspecified atom stereocenters. The van der Waals surface area contributed by atoms with E-state index in [1.807, 2.05) is 0 Å². The van der Waals surface area contributed by atoms with E-state index in [1.54, 1.807) is 50.2 Å². The Labute approximate surface area is 112 Å². The first-order valence-electron chi connectivity index (χ1n) is 5.95. The van der Waals surface area contributed by atoms with Crippen molar-refractivity contribution >= 4 is 11.9 Å². The van der Waals surface area contributed by atoms with Gasteiger partial charge in [0.2, 0.25) is 0 Å². The lowest BCUT2D eigenvalue weighted by Gasteiger charge is -2.20. The van der Waals surface area contributed by atoms with Crippen molar-refractivity contribution in [2.75, 3.05) is 6.61 Å². The molecule has 0 aromatic heterocycles. The molecule has 5 heteroatoms. The highest BCUT2D eigenvalue weighted by molar-refractivity contribution is 5.96. The van der Waals surface area contributed by atoms with Crippen molar-refractivity contribution < 1.29 is 14.3 Å². The molecule has 0 saturated carbocycles. The summed E-state index contributed by atoms with van der Waals surface area (Å²) in [5.41, 5.74) is 0.473. The predicted molar refractivity (Wildman–Crippen MR) is 69.1 cm³/mol. The minimum absolute atomic E-state index is 0.126. The summed E-state index contributed by atoms with van der Waals surface area (Å²) >= 11 is 0. The molecule has 0 spiro atoms. The summed E-state index contributed by atoms with van der Waals surface area (Å²) in [5, 5.41) is 11.0. The Balaban J connectivity index is 2.72. The molecule has 0 fully saturated rings. The molecule has 0 aliphatic heterocycles. The molecule has 1 aromatic carbocycles. The van der Waals surface area contributed by atoms with E-state index >= 15 is 0 Å². The Hall–Kier alpha value is -2.35. The lowest BCUT2D eigenvalue weighted by atomic mass is 10.0. The maximum absolute atomic E-state index is 12.0. The number of carbonyl (C=O) groups excluding carboxylic acids is 2. The average Bonchev–Trinajstić information content (AvgIpc) is 2.42. The minimum atomic E-state index is -0.763. The van der Waals surface area contributed by atoms with Crippen molar-refractivity contribution in [1.82, 2.24) is 5.32 Å². The molecule has 0 radical (unpaired) electrons. The Morgan fingerprint density at radius 3 is 2.47 bits per heavy atom. The Kier molecular flexibility index (Phi) is 5.55. The molecular weight excluding hydrogens is 244 g/mol. The topological polar surface area (TPSA) is 79.2 Å². The zero-order valence-corrected chi connectivity index (χ0v) is 10.9. The number of hydrogen-bond donors (Lipinski definition) is 1. The molecule has 0 aliphatic carbocycles. The van der Waals surface area contributed by atoms with Crippen LogP contribution in [0, 0.1) is 17.2 Å². The number of esters is 1. The van der Waals surface area contributed by atoms with Crippen LogP contribution in [0.25, 0.3) is 0 Å². The van der Waals surface area contributed by atoms with Crippen LogP contribution in [-0.2, 0) is 9.53 Å². The Bertz CT molecular complexity index is 477. The van der Waals surface area contributed by atoms with Crippen LogP contribution in [0.2, 0.25) is 0 Å². The van der Waals surface area contributed by atoms with Gasteiger partial charge in [-0.2, -0.15) is 5.26 Å². The molecule has 100 valence electrons. The van der Waals surface area contributed by atoms with Crippen LogP contribution in [0.3, 0.4) is 0 Å². The third kappa shape index (κ3) is 4.43. The fourth-order valence-electron chi connectivity index (χ4n) is 1.51. The van der Waals surface area contributed by atoms with Crippen molar-refractivity contribution in [3.8, 4) is 6.07 Å². The van der Waals surface area contributed by atoms with Crippen LogP contribution in [0.15, 0.2) is 30.3 Å². The third-order valence-electron chi connectivity index (χ3n) is 2.52. The van der Waals surface area contributed by atoms with Crippen molar-refractivity contribution in [3.05, 3.63) is 35.9 Å². The number of nitriles is 1. The summed E-state index contributed by atoms with van der Waals surface area (Å²) in [6, 6.07) is 9.57. The zero-order valence-electron chi connectivity index (χ0n) is 10.9. The number of nitrogens with one attached hydrogen (secondary N) is 1. The largest absolute Gasteiger partial charge is 0.449 e. The monoisotopic (exact) mass is 260 g/mol. The molecule has 0 saturated heterocycles. The van der Waals surface area contributed by atoms with E-state index in [1.165, 1.54) is 0 Å². The molecule has 0 bridgehead atoms. The quantitative estimate of drug-likeness (QED) is 0.814. The number of hydrogen-bond acceptors (Lipinski definition) is 4. The zero-order chi connectivity index (χ0) is 14.3. The van der Waals surface area contributed by atoms with Crippen molar-refractivity contribution in [2.24, 2.45) is 5.92 Å². The fourth-order valence-corrected chi connectivity index (χ4v) is 1.51. The van der Waals surface area contributed by atoms with E-state index in [2.05, 4.69) is 5.32 Å². The third-order valence-corrected chi connectivity index (χ3v) is 2.52. The van der Waals surface area contributed by atoms with Crippen molar-refractivity contribution in [3.63, 3.8) is 0 Å². The number of nitrogens with zero attached hydrogens (tertiary/aromatic N) is 1. The molecule has 1 amide bonds. The maximum Gasteiger partial charge on any atom is 0.329 e. The van der Waals surface area contributed by atoms with Gasteiger partial charge in [-0.15, -0.1) is 0 Å². The van der Waals surface area contributed by atoms with Gasteiger partial charge in [-0.3, -0.25) is 4.79 Å². The summed E-state index contributed by atoms with van der Waals surface area (Å²) in [7, 11) is 0. The van der Waals surface area contributed by atoms with Gasteiger partial charge in [0.1, 0.15) is 12.1 Å². The van der Waals surface area contributed by atoms with Crippen LogP contribution in [-0.4, -0.2) is 24.5 Å². The van der Waals surface area contributed by atoms with Gasteiger partial charge < -0.3 is 10.1 Å². The van der Waals surface area contributed by atoms with E-state index in [0.717, 1.165) is 0 Å². The summed E-state index contributed by atoms with van der Waals surface area (Å²) < 4.78 is 4.74. The summed E-state index contributed by atoms with van der Waals surface area (Å²) in [6.07, 6.45) is 0. The average molecular weight is 260 g/mol. The first-order valence-corrected chi connectivity index (χ1v) is 5.95. The number of amides is 1. The van der Waals surface area contributed by atoms with Gasteiger partial charge in [-0.1, -0.05) is 32.0 Å². The highest BCUT2D eigenvalue weighted by Gasteiger charge is 2.25. The van der Waals surface area contributed by atoms with Crippen molar-refractivity contribution in [2.45, 2.75) is 19.9 Å². The van der Waals surface area contributed by atoms with E-state index in [9.17, 15) is 9.59 Å². The van der Waals surface area contributed by atoms with Gasteiger partial charge in [0.05, 0.1) is 0 Å². The smallest absolute Gasteiger partial charge is 0.329 e. The number of rotatable bonds is 5. The first-order chi connectivity index (χ1) is 9.06. The van der Waals surface area contributed by atoms with Crippen LogP contribution in [0.4, 0.5) is 0 Å². The second-order valence-electron chi connectivity index (χ2n) is 4.33. The Morgan fingerprint density at radius 2 is 1.95 bits per heavy atom. The van der Waals surface area contributed by atoms with Crippen LogP contribution < -0.4 is 5.32 Å². The van der Waals surface area contributed by atoms with Crippen LogP contribution >= 0.6 is 0 Å². The molecule has 0 heterocycles. The van der Waals surface area contributed by atoms with Gasteiger partial charge >= 0.3 is 5.97 Å². The lowest BCUT2D eigenvalue weighted by molar-refractivity contribution is -0.145. The molecule has 1 N–H and O–H groups in total. The molecule has 1 aromatic rings. The molecule has 1 atom stereocenters. The summed E-state index contributed by atoms with van der Waals surface area (Å²) in [4.78, 5) is 23.7. The molecule has 1 rings (SSSR count). The van der Waals surface area contributed by atoms with Gasteiger partial charge in [0.25, 0.3) is 5.91 Å². The van der Waals surface area contributed by atoms with Gasteiger partial charge in [-0.25, -0.2) is 4.79 Å². The minimum Gasteiger partial charge on any atom is -0.449 e. The fraction of sp³-hybridized carbons (Fsp3) is 0.357. The molecule has 5 nitrogen and oxygen atoms in total. The second kappa shape index (κ2) is 7.17. The van der Waals surface area contributed by atoms with Crippen LogP contribution in [0.1, 0.15) is 24.2 Å². The maximum atomic E-state index is 12.0. The van der Waals surface area contributed by atoms with Crippen molar-refractivity contribution in [1.29, 1.82) is 5.26 Å². The second-order valence-corrected chi connectivity index (χ2v) is 4.33. The van der Waals surface area contributed by atoms with Gasteiger partial charge in [0, 0.05) is 5.56 Å². The van der Waals surface area contributed by atoms with E-state index < -0.39 is 12.0 Å². The number of benzene rings is 1. The first kappa shape index (κ1) is 14.7. The standard InChI is InChI=1S/C14H16N2O3/c1-10(2)12(14(18)19-9-8-15)16-13(17)11-6-4-3-5-7-11/h3-7,10,12H,9H2,1-2H3,(H,16,17)/t12-/m0/s1. The molecular formula is C14H16N2O3. The highest BCUT2D eigenvalue weighted by atomic mass is 16.5. The molecule has 19 heavy (non-hydrogen) atoms. The SMILES string of the molecule is CC(C)[C@H](NC(=O)c1ccccc1)C(=O)OCC#N. The number of ether oxygens (including phenoxy) is 1. The van der Waals surface area contributed by atoms with Gasteiger partial charge in [0.15, 0.2) is 6.61 Å². The highest BCUT2D eigenvalue weighted by Crippen LogP contribution is 2.06. The van der Waals surface area contributed by atoms with E-state index in [-0.39, 0.29) is 18.4 Å². The van der Waals surface area contributed by atoms with E-state index in [0.29, 0.717) is 5.56 Å². The normalized spacial score (nSPS) is 11.5. The van der Waals surface area contributed by atoms with Gasteiger partial charge in [-0.05, 0) is 18.1 Å². The lowest BCUT2D eigenvalue weighted by Crippen LogP contribution is -2.45. The number of carbonyl (C=O) groups is 2.